The third-order valence-corrected chi connectivity index (χ3v) is 4.09. The zero-order chi connectivity index (χ0) is 13.1. The molecule has 1 saturated heterocycles. The molecule has 98 valence electrons. The molecular formula is C14H18BrNO2. The Balaban J connectivity index is 2.24. The third-order valence-electron chi connectivity index (χ3n) is 3.45. The van der Waals surface area contributed by atoms with Gasteiger partial charge in [-0.25, -0.2) is 0 Å². The van der Waals surface area contributed by atoms with Gasteiger partial charge in [-0.2, -0.15) is 0 Å². The first-order chi connectivity index (χ1) is 8.58. The number of anilines is 1. The van der Waals surface area contributed by atoms with E-state index in [1.807, 2.05) is 0 Å². The second-order valence-corrected chi connectivity index (χ2v) is 5.75. The van der Waals surface area contributed by atoms with Crippen LogP contribution < -0.4 is 4.90 Å². The molecule has 1 atom stereocenters. The van der Waals surface area contributed by atoms with E-state index in [0.29, 0.717) is 0 Å². The lowest BCUT2D eigenvalue weighted by molar-refractivity contribution is -0.137. The number of halogens is 1. The van der Waals surface area contributed by atoms with Crippen LogP contribution in [-0.2, 0) is 4.79 Å². The summed E-state index contributed by atoms with van der Waals surface area (Å²) < 4.78 is 1.06. The molecule has 1 aliphatic rings. The van der Waals surface area contributed by atoms with E-state index in [-0.39, 0.29) is 12.5 Å². The van der Waals surface area contributed by atoms with Crippen LogP contribution in [0.3, 0.4) is 0 Å². The summed E-state index contributed by atoms with van der Waals surface area (Å²) >= 11 is 3.59. The SMILES string of the molecule is Cc1ccc(N2CCCCC2CC(=O)O)c(Br)c1. The standard InChI is InChI=1S/C14H18BrNO2/c1-10-5-6-13(12(15)8-10)16-7-3-2-4-11(16)9-14(17)18/h5-6,8,11H,2-4,7,9H2,1H3,(H,17,18). The normalized spacial score (nSPS) is 19.9. The lowest BCUT2D eigenvalue weighted by atomic mass is 9.98. The first kappa shape index (κ1) is 13.4. The van der Waals surface area contributed by atoms with E-state index in [9.17, 15) is 4.79 Å². The number of piperidine rings is 1. The monoisotopic (exact) mass is 311 g/mol. The summed E-state index contributed by atoms with van der Waals surface area (Å²) in [5, 5.41) is 9.01. The van der Waals surface area contributed by atoms with Crippen molar-refractivity contribution in [2.45, 2.75) is 38.6 Å². The van der Waals surface area contributed by atoms with Gasteiger partial charge in [0.2, 0.25) is 0 Å². The van der Waals surface area contributed by atoms with Crippen LogP contribution in [0, 0.1) is 6.92 Å². The van der Waals surface area contributed by atoms with Gasteiger partial charge in [-0.3, -0.25) is 4.79 Å². The molecule has 1 fully saturated rings. The van der Waals surface area contributed by atoms with E-state index in [0.717, 1.165) is 36.0 Å². The zero-order valence-corrected chi connectivity index (χ0v) is 12.1. The van der Waals surface area contributed by atoms with E-state index < -0.39 is 5.97 Å². The van der Waals surface area contributed by atoms with Crippen molar-refractivity contribution in [1.82, 2.24) is 0 Å². The van der Waals surface area contributed by atoms with Gasteiger partial charge >= 0.3 is 5.97 Å². The summed E-state index contributed by atoms with van der Waals surface area (Å²) in [7, 11) is 0. The van der Waals surface area contributed by atoms with Gasteiger partial charge < -0.3 is 10.0 Å². The van der Waals surface area contributed by atoms with Gasteiger partial charge in [-0.05, 0) is 59.8 Å². The highest BCUT2D eigenvalue weighted by Crippen LogP contribution is 2.33. The van der Waals surface area contributed by atoms with Crippen LogP contribution in [0.25, 0.3) is 0 Å². The lowest BCUT2D eigenvalue weighted by Gasteiger charge is -2.37. The number of carboxylic acid groups (broad SMARTS) is 1. The minimum absolute atomic E-state index is 0.121. The number of nitrogens with zero attached hydrogens (tertiary/aromatic N) is 1. The summed E-state index contributed by atoms with van der Waals surface area (Å²) in [6.07, 6.45) is 3.45. The molecule has 3 nitrogen and oxygen atoms in total. The highest BCUT2D eigenvalue weighted by atomic mass is 79.9. The molecule has 4 heteroatoms. The molecule has 18 heavy (non-hydrogen) atoms. The quantitative estimate of drug-likeness (QED) is 0.927. The van der Waals surface area contributed by atoms with Crippen molar-refractivity contribution >= 4 is 27.6 Å². The largest absolute Gasteiger partial charge is 0.481 e. The van der Waals surface area contributed by atoms with Crippen LogP contribution in [0.4, 0.5) is 5.69 Å². The first-order valence-electron chi connectivity index (χ1n) is 6.32. The fourth-order valence-corrected chi connectivity index (χ4v) is 3.30. The van der Waals surface area contributed by atoms with E-state index >= 15 is 0 Å². The number of hydrogen-bond acceptors (Lipinski definition) is 2. The molecule has 1 heterocycles. The van der Waals surface area contributed by atoms with Gasteiger partial charge in [0.15, 0.2) is 0 Å². The smallest absolute Gasteiger partial charge is 0.305 e. The number of rotatable bonds is 3. The summed E-state index contributed by atoms with van der Waals surface area (Å²) in [5.41, 5.74) is 2.32. The maximum atomic E-state index is 10.9. The van der Waals surface area contributed by atoms with Gasteiger partial charge in [-0.1, -0.05) is 6.07 Å². The summed E-state index contributed by atoms with van der Waals surface area (Å²) in [6, 6.07) is 6.36. The average molecular weight is 312 g/mol. The fraction of sp³-hybridized carbons (Fsp3) is 0.500. The van der Waals surface area contributed by atoms with Crippen molar-refractivity contribution < 1.29 is 9.90 Å². The highest BCUT2D eigenvalue weighted by molar-refractivity contribution is 9.10. The number of carbonyl (C=O) groups is 1. The molecule has 1 aromatic carbocycles. The zero-order valence-electron chi connectivity index (χ0n) is 10.5. The number of aliphatic carboxylic acids is 1. The minimum atomic E-state index is -0.713. The average Bonchev–Trinajstić information content (AvgIpc) is 2.30. The molecule has 0 spiro atoms. The van der Waals surface area contributed by atoms with Crippen LogP contribution in [-0.4, -0.2) is 23.7 Å². The number of aryl methyl sites for hydroxylation is 1. The van der Waals surface area contributed by atoms with Crippen LogP contribution in [0.5, 0.6) is 0 Å². The van der Waals surface area contributed by atoms with Gasteiger partial charge in [-0.15, -0.1) is 0 Å². The predicted octanol–water partition coefficient (Wildman–Crippen LogP) is 3.59. The molecule has 0 bridgehead atoms. The van der Waals surface area contributed by atoms with E-state index in [1.165, 1.54) is 5.56 Å². The Hall–Kier alpha value is -1.03. The van der Waals surface area contributed by atoms with E-state index in [2.05, 4.69) is 46.0 Å². The fourth-order valence-electron chi connectivity index (χ4n) is 2.58. The first-order valence-corrected chi connectivity index (χ1v) is 7.12. The molecule has 1 aromatic rings. The van der Waals surface area contributed by atoms with Gasteiger partial charge in [0.1, 0.15) is 0 Å². The minimum Gasteiger partial charge on any atom is -0.481 e. The van der Waals surface area contributed by atoms with Crippen LogP contribution in [0.1, 0.15) is 31.2 Å². The van der Waals surface area contributed by atoms with Crippen molar-refractivity contribution in [3.8, 4) is 0 Å². The topological polar surface area (TPSA) is 40.5 Å². The van der Waals surface area contributed by atoms with Crippen molar-refractivity contribution in [2.24, 2.45) is 0 Å². The lowest BCUT2D eigenvalue weighted by Crippen LogP contribution is -2.41. The predicted molar refractivity (Wildman–Crippen MR) is 76.1 cm³/mol. The molecule has 0 saturated carbocycles. The molecule has 0 radical (unpaired) electrons. The molecule has 1 aliphatic heterocycles. The Morgan fingerprint density at radius 1 is 1.50 bits per heavy atom. The van der Waals surface area contributed by atoms with E-state index in [1.54, 1.807) is 0 Å². The number of hydrogen-bond donors (Lipinski definition) is 1. The van der Waals surface area contributed by atoms with E-state index in [4.69, 9.17) is 5.11 Å². The van der Waals surface area contributed by atoms with Crippen molar-refractivity contribution in [1.29, 1.82) is 0 Å². The van der Waals surface area contributed by atoms with Crippen molar-refractivity contribution in [3.05, 3.63) is 28.2 Å². The van der Waals surface area contributed by atoms with Crippen LogP contribution in [0.2, 0.25) is 0 Å². The van der Waals surface area contributed by atoms with Gasteiger partial charge in [0.25, 0.3) is 0 Å². The second-order valence-electron chi connectivity index (χ2n) is 4.90. The Bertz CT molecular complexity index is 447. The Labute approximate surface area is 116 Å². The maximum absolute atomic E-state index is 10.9. The summed E-state index contributed by atoms with van der Waals surface area (Å²) in [5.74, 6) is -0.713. The van der Waals surface area contributed by atoms with Gasteiger partial charge in [0, 0.05) is 17.1 Å². The molecular weight excluding hydrogens is 294 g/mol. The number of carboxylic acids is 1. The Morgan fingerprint density at radius 2 is 2.28 bits per heavy atom. The molecule has 1 N–H and O–H groups in total. The maximum Gasteiger partial charge on any atom is 0.305 e. The Kier molecular flexibility index (Phi) is 4.27. The number of benzene rings is 1. The Morgan fingerprint density at radius 3 is 2.94 bits per heavy atom. The molecule has 1 unspecified atom stereocenters. The van der Waals surface area contributed by atoms with Crippen molar-refractivity contribution in [3.63, 3.8) is 0 Å². The summed E-state index contributed by atoms with van der Waals surface area (Å²) in [4.78, 5) is 13.2. The molecule has 2 rings (SSSR count). The van der Waals surface area contributed by atoms with Crippen LogP contribution in [0.15, 0.2) is 22.7 Å². The van der Waals surface area contributed by atoms with Crippen molar-refractivity contribution in [2.75, 3.05) is 11.4 Å². The summed E-state index contributed by atoms with van der Waals surface area (Å²) in [6.45, 7) is 3.00. The molecule has 0 aliphatic carbocycles. The van der Waals surface area contributed by atoms with Crippen LogP contribution >= 0.6 is 15.9 Å². The van der Waals surface area contributed by atoms with Gasteiger partial charge in [0.05, 0.1) is 12.1 Å². The third kappa shape index (κ3) is 3.05. The molecule has 0 aromatic heterocycles. The second kappa shape index (κ2) is 5.74. The highest BCUT2D eigenvalue weighted by Gasteiger charge is 2.25. The molecule has 0 amide bonds.